The van der Waals surface area contributed by atoms with E-state index in [1.54, 1.807) is 17.2 Å². The molecule has 1 unspecified atom stereocenters. The van der Waals surface area contributed by atoms with Crippen LogP contribution in [0.2, 0.25) is 0 Å². The molecule has 2 heterocycles. The van der Waals surface area contributed by atoms with Crippen LogP contribution in [0, 0.1) is 0 Å². The first kappa shape index (κ1) is 11.9. The Balaban J connectivity index is 2.05. The topological polar surface area (TPSA) is 60.2 Å². The van der Waals surface area contributed by atoms with Crippen LogP contribution in [0.15, 0.2) is 35.4 Å². The summed E-state index contributed by atoms with van der Waals surface area (Å²) < 4.78 is 6.91. The van der Waals surface area contributed by atoms with Gasteiger partial charge in [0.05, 0.1) is 24.8 Å². The first-order chi connectivity index (χ1) is 8.20. The fourth-order valence-corrected chi connectivity index (χ4v) is 1.99. The van der Waals surface area contributed by atoms with Crippen molar-refractivity contribution in [1.29, 1.82) is 0 Å². The number of nitrogens with zero attached hydrogens (tertiary/aromatic N) is 3. The van der Waals surface area contributed by atoms with Crippen LogP contribution < -0.4 is 5.73 Å². The van der Waals surface area contributed by atoms with Gasteiger partial charge in [-0.1, -0.05) is 0 Å². The largest absolute Gasteiger partial charge is 0.472 e. The molecule has 2 rings (SSSR count). The molecule has 0 spiro atoms. The zero-order valence-corrected chi connectivity index (χ0v) is 10.2. The molecule has 5 heteroatoms. The second-order valence-corrected chi connectivity index (χ2v) is 4.25. The van der Waals surface area contributed by atoms with Gasteiger partial charge < -0.3 is 10.2 Å². The van der Waals surface area contributed by atoms with Crippen molar-refractivity contribution in [3.8, 4) is 0 Å². The van der Waals surface area contributed by atoms with Crippen molar-refractivity contribution in [2.45, 2.75) is 12.6 Å². The molecule has 0 aliphatic carbocycles. The van der Waals surface area contributed by atoms with Crippen LogP contribution >= 0.6 is 0 Å². The molecule has 0 aromatic carbocycles. The number of nitrogens with two attached hydrogens (primary N) is 1. The fraction of sp³-hybridized carbons (Fsp3) is 0.417. The minimum atomic E-state index is 0.175. The quantitative estimate of drug-likeness (QED) is 0.843. The first-order valence-electron chi connectivity index (χ1n) is 5.60. The summed E-state index contributed by atoms with van der Waals surface area (Å²) in [6, 6.07) is 2.13. The van der Waals surface area contributed by atoms with Crippen molar-refractivity contribution >= 4 is 0 Å². The Hall–Kier alpha value is -1.59. The Morgan fingerprint density at radius 1 is 1.59 bits per heavy atom. The highest BCUT2D eigenvalue weighted by Crippen LogP contribution is 2.20. The van der Waals surface area contributed by atoms with Gasteiger partial charge in [0.1, 0.15) is 0 Å². The van der Waals surface area contributed by atoms with Crippen molar-refractivity contribution < 1.29 is 4.42 Å². The summed E-state index contributed by atoms with van der Waals surface area (Å²) >= 11 is 0. The van der Waals surface area contributed by atoms with E-state index in [9.17, 15) is 0 Å². The third-order valence-corrected chi connectivity index (χ3v) is 2.87. The third-order valence-electron chi connectivity index (χ3n) is 2.87. The Kier molecular flexibility index (Phi) is 3.61. The summed E-state index contributed by atoms with van der Waals surface area (Å²) in [5.74, 6) is 0. The van der Waals surface area contributed by atoms with Crippen LogP contribution in [-0.2, 0) is 13.6 Å². The van der Waals surface area contributed by atoms with E-state index >= 15 is 0 Å². The van der Waals surface area contributed by atoms with E-state index in [1.165, 1.54) is 5.56 Å². The smallest absolute Gasteiger partial charge is 0.0950 e. The van der Waals surface area contributed by atoms with Gasteiger partial charge in [-0.2, -0.15) is 5.10 Å². The van der Waals surface area contributed by atoms with Gasteiger partial charge in [0.15, 0.2) is 0 Å². The molecule has 2 aromatic heterocycles. The number of hydrogen-bond acceptors (Lipinski definition) is 4. The lowest BCUT2D eigenvalue weighted by molar-refractivity contribution is 0.240. The molecule has 0 amide bonds. The minimum Gasteiger partial charge on any atom is -0.472 e. The van der Waals surface area contributed by atoms with Crippen molar-refractivity contribution in [2.75, 3.05) is 13.6 Å². The van der Waals surface area contributed by atoms with Crippen molar-refractivity contribution in [3.05, 3.63) is 42.1 Å². The summed E-state index contributed by atoms with van der Waals surface area (Å²) in [5, 5.41) is 4.16. The molecule has 92 valence electrons. The van der Waals surface area contributed by atoms with Crippen LogP contribution in [0.3, 0.4) is 0 Å². The molecule has 2 N–H and O–H groups in total. The van der Waals surface area contributed by atoms with Gasteiger partial charge in [-0.25, -0.2) is 0 Å². The summed E-state index contributed by atoms with van der Waals surface area (Å²) in [7, 11) is 3.97. The van der Waals surface area contributed by atoms with E-state index in [4.69, 9.17) is 10.2 Å². The van der Waals surface area contributed by atoms with Crippen LogP contribution in [-0.4, -0.2) is 28.3 Å². The Morgan fingerprint density at radius 3 is 2.94 bits per heavy atom. The van der Waals surface area contributed by atoms with E-state index in [1.807, 2.05) is 25.5 Å². The Bertz CT molecular complexity index is 449. The molecule has 0 aliphatic rings. The highest BCUT2D eigenvalue weighted by molar-refractivity contribution is 5.13. The van der Waals surface area contributed by atoms with Crippen molar-refractivity contribution in [2.24, 2.45) is 12.8 Å². The lowest BCUT2D eigenvalue weighted by Crippen LogP contribution is -2.29. The van der Waals surface area contributed by atoms with Gasteiger partial charge in [0, 0.05) is 37.5 Å². The maximum Gasteiger partial charge on any atom is 0.0950 e. The van der Waals surface area contributed by atoms with Crippen LogP contribution in [0.25, 0.3) is 0 Å². The van der Waals surface area contributed by atoms with Crippen molar-refractivity contribution in [1.82, 2.24) is 14.7 Å². The molecule has 0 radical (unpaired) electrons. The minimum absolute atomic E-state index is 0.175. The van der Waals surface area contributed by atoms with E-state index in [0.717, 1.165) is 12.1 Å². The molecule has 0 bridgehead atoms. The maximum atomic E-state index is 5.82. The number of aromatic nitrogens is 2. The first-order valence-corrected chi connectivity index (χ1v) is 5.60. The number of furan rings is 1. The fourth-order valence-electron chi connectivity index (χ4n) is 1.99. The number of rotatable bonds is 5. The highest BCUT2D eigenvalue weighted by Gasteiger charge is 2.17. The summed E-state index contributed by atoms with van der Waals surface area (Å²) in [5.41, 5.74) is 8.11. The van der Waals surface area contributed by atoms with Crippen LogP contribution in [0.5, 0.6) is 0 Å². The molecule has 2 aromatic rings. The third kappa shape index (κ3) is 2.75. The standard InChI is InChI=1S/C12H18N4O/c1-15(7-10-6-14-16(2)8-10)12(5-13)11-3-4-17-9-11/h3-4,6,8-9,12H,5,7,13H2,1-2H3. The highest BCUT2D eigenvalue weighted by atomic mass is 16.3. The second kappa shape index (κ2) is 5.16. The Labute approximate surface area is 101 Å². The molecule has 17 heavy (non-hydrogen) atoms. The maximum absolute atomic E-state index is 5.82. The van der Waals surface area contributed by atoms with Crippen LogP contribution in [0.4, 0.5) is 0 Å². The lowest BCUT2D eigenvalue weighted by atomic mass is 10.1. The van der Waals surface area contributed by atoms with Gasteiger partial charge in [0.2, 0.25) is 0 Å². The average molecular weight is 234 g/mol. The van der Waals surface area contributed by atoms with E-state index in [-0.39, 0.29) is 6.04 Å². The predicted molar refractivity (Wildman–Crippen MR) is 65.2 cm³/mol. The molecular formula is C12H18N4O. The average Bonchev–Trinajstić information content (AvgIpc) is 2.92. The number of aryl methyl sites for hydroxylation is 1. The van der Waals surface area contributed by atoms with Gasteiger partial charge in [-0.3, -0.25) is 9.58 Å². The predicted octanol–water partition coefficient (Wildman–Crippen LogP) is 1.14. The Morgan fingerprint density at radius 2 is 2.41 bits per heavy atom. The van der Waals surface area contributed by atoms with Gasteiger partial charge in [0.25, 0.3) is 0 Å². The normalized spacial score (nSPS) is 13.2. The van der Waals surface area contributed by atoms with Gasteiger partial charge >= 0.3 is 0 Å². The monoisotopic (exact) mass is 234 g/mol. The second-order valence-electron chi connectivity index (χ2n) is 4.25. The van der Waals surface area contributed by atoms with Crippen molar-refractivity contribution in [3.63, 3.8) is 0 Å². The molecule has 1 atom stereocenters. The molecule has 0 saturated heterocycles. The van der Waals surface area contributed by atoms with E-state index in [0.29, 0.717) is 6.54 Å². The number of likely N-dealkylation sites (N-methyl/N-ethyl adjacent to an activating group) is 1. The molecule has 5 nitrogen and oxygen atoms in total. The zero-order valence-electron chi connectivity index (χ0n) is 10.2. The van der Waals surface area contributed by atoms with Gasteiger partial charge in [-0.05, 0) is 13.1 Å². The molecule has 0 saturated carbocycles. The molecule has 0 fully saturated rings. The lowest BCUT2D eigenvalue weighted by Gasteiger charge is -2.25. The summed E-state index contributed by atoms with van der Waals surface area (Å²) in [6.45, 7) is 1.39. The van der Waals surface area contributed by atoms with E-state index in [2.05, 4.69) is 17.0 Å². The summed E-state index contributed by atoms with van der Waals surface area (Å²) in [4.78, 5) is 2.20. The number of hydrogen-bond donors (Lipinski definition) is 1. The van der Waals surface area contributed by atoms with Crippen LogP contribution in [0.1, 0.15) is 17.2 Å². The zero-order chi connectivity index (χ0) is 12.3. The molecular weight excluding hydrogens is 216 g/mol. The molecule has 0 aliphatic heterocycles. The summed E-state index contributed by atoms with van der Waals surface area (Å²) in [6.07, 6.45) is 7.31. The SMILES string of the molecule is CN(Cc1cnn(C)c1)C(CN)c1ccoc1. The van der Waals surface area contributed by atoms with Gasteiger partial charge in [-0.15, -0.1) is 0 Å². The van der Waals surface area contributed by atoms with E-state index < -0.39 is 0 Å².